The molecule has 0 spiro atoms. The molecule has 80 valence electrons. The van der Waals surface area contributed by atoms with Crippen LogP contribution >= 0.6 is 22.9 Å². The molecule has 0 saturated heterocycles. The Labute approximate surface area is 101 Å². The highest BCUT2D eigenvalue weighted by Crippen LogP contribution is 2.15. The number of hydrogen-bond acceptors (Lipinski definition) is 3. The molecule has 0 aliphatic heterocycles. The van der Waals surface area contributed by atoms with Crippen LogP contribution in [0.2, 0.25) is 5.02 Å². The van der Waals surface area contributed by atoms with Crippen LogP contribution in [0.1, 0.15) is 10.7 Å². The molecule has 0 unspecified atom stereocenters. The lowest BCUT2D eigenvalue weighted by molar-refractivity contribution is 0.905. The molecule has 0 fully saturated rings. The number of rotatable bonds is 2. The first-order chi connectivity index (χ1) is 7.81. The lowest BCUT2D eigenvalue weighted by Gasteiger charge is -1.89. The minimum atomic E-state index is 0.683. The molecule has 5 heteroatoms. The number of halogens is 1. The van der Waals surface area contributed by atoms with E-state index in [4.69, 9.17) is 11.6 Å². The van der Waals surface area contributed by atoms with Crippen molar-refractivity contribution in [3.63, 3.8) is 0 Å². The molecule has 0 aromatic carbocycles. The molecule has 16 heavy (non-hydrogen) atoms. The van der Waals surface area contributed by atoms with Gasteiger partial charge in [-0.3, -0.25) is 0 Å². The largest absolute Gasteiger partial charge is 0.221 e. The molecule has 3 nitrogen and oxygen atoms in total. The fourth-order valence-electron chi connectivity index (χ4n) is 1.55. The summed E-state index contributed by atoms with van der Waals surface area (Å²) in [5.74, 6) is 0.824. The smallest absolute Gasteiger partial charge is 0.157 e. The summed E-state index contributed by atoms with van der Waals surface area (Å²) in [4.78, 5) is 5.69. The highest BCUT2D eigenvalue weighted by atomic mass is 35.5. The standard InChI is InChI=1S/C11H8ClN3S/c12-8-3-4-15-11(6-8)13-10(14-15)7-9-2-1-5-16-9/h1-6H,7H2. The van der Waals surface area contributed by atoms with Crippen molar-refractivity contribution in [1.82, 2.24) is 14.6 Å². The fourth-order valence-corrected chi connectivity index (χ4v) is 2.40. The van der Waals surface area contributed by atoms with Gasteiger partial charge in [0.25, 0.3) is 0 Å². The molecule has 0 radical (unpaired) electrons. The van der Waals surface area contributed by atoms with Gasteiger partial charge >= 0.3 is 0 Å². The molecule has 3 heterocycles. The van der Waals surface area contributed by atoms with E-state index in [0.29, 0.717) is 5.02 Å². The van der Waals surface area contributed by atoms with Gasteiger partial charge in [-0.2, -0.15) is 5.10 Å². The fraction of sp³-hybridized carbons (Fsp3) is 0.0909. The molecule has 0 aliphatic carbocycles. The third kappa shape index (κ3) is 1.81. The van der Waals surface area contributed by atoms with Crippen molar-refractivity contribution in [3.05, 3.63) is 51.6 Å². The van der Waals surface area contributed by atoms with Gasteiger partial charge in [0.15, 0.2) is 11.5 Å². The van der Waals surface area contributed by atoms with E-state index in [2.05, 4.69) is 21.5 Å². The lowest BCUT2D eigenvalue weighted by atomic mass is 10.3. The minimum absolute atomic E-state index is 0.683. The van der Waals surface area contributed by atoms with E-state index in [1.807, 2.05) is 18.3 Å². The molecule has 0 N–H and O–H groups in total. The van der Waals surface area contributed by atoms with Gasteiger partial charge in [0.05, 0.1) is 0 Å². The zero-order chi connectivity index (χ0) is 11.0. The SMILES string of the molecule is Clc1ccn2nc(Cc3cccs3)nc2c1. The van der Waals surface area contributed by atoms with Gasteiger partial charge in [0.2, 0.25) is 0 Å². The van der Waals surface area contributed by atoms with E-state index in [9.17, 15) is 0 Å². The molecule has 0 bridgehead atoms. The minimum Gasteiger partial charge on any atom is -0.221 e. The van der Waals surface area contributed by atoms with Gasteiger partial charge in [-0.25, -0.2) is 9.50 Å². The molecule has 0 atom stereocenters. The van der Waals surface area contributed by atoms with Gasteiger partial charge in [-0.05, 0) is 17.5 Å². The van der Waals surface area contributed by atoms with Gasteiger partial charge in [-0.15, -0.1) is 11.3 Å². The number of nitrogens with zero attached hydrogens (tertiary/aromatic N) is 3. The molecular formula is C11H8ClN3S. The molecule has 0 aliphatic rings. The van der Waals surface area contributed by atoms with E-state index in [1.54, 1.807) is 21.9 Å². The normalized spacial score (nSPS) is 11.1. The summed E-state index contributed by atoms with van der Waals surface area (Å²) in [7, 11) is 0. The highest BCUT2D eigenvalue weighted by Gasteiger charge is 2.05. The average molecular weight is 250 g/mol. The van der Waals surface area contributed by atoms with E-state index in [1.165, 1.54) is 4.88 Å². The Bertz CT molecular complexity index is 615. The summed E-state index contributed by atoms with van der Waals surface area (Å²) < 4.78 is 1.74. The number of pyridine rings is 1. The van der Waals surface area contributed by atoms with Crippen molar-refractivity contribution in [2.24, 2.45) is 0 Å². The summed E-state index contributed by atoms with van der Waals surface area (Å²) in [6, 6.07) is 7.74. The Morgan fingerprint density at radius 2 is 2.31 bits per heavy atom. The molecule has 3 aromatic heterocycles. The molecule has 0 amide bonds. The Morgan fingerprint density at radius 1 is 1.38 bits per heavy atom. The van der Waals surface area contributed by atoms with E-state index < -0.39 is 0 Å². The summed E-state index contributed by atoms with van der Waals surface area (Å²) in [5.41, 5.74) is 0.791. The van der Waals surface area contributed by atoms with Crippen LogP contribution < -0.4 is 0 Å². The highest BCUT2D eigenvalue weighted by molar-refractivity contribution is 7.09. The number of aromatic nitrogens is 3. The second kappa shape index (κ2) is 3.88. The van der Waals surface area contributed by atoms with Crippen LogP contribution in [0.25, 0.3) is 5.65 Å². The Balaban J connectivity index is 1.99. The van der Waals surface area contributed by atoms with Crippen LogP contribution in [0.15, 0.2) is 35.8 Å². The maximum atomic E-state index is 5.89. The Morgan fingerprint density at radius 3 is 3.12 bits per heavy atom. The number of fused-ring (bicyclic) bond motifs is 1. The third-order valence-electron chi connectivity index (χ3n) is 2.26. The maximum absolute atomic E-state index is 5.89. The quantitative estimate of drug-likeness (QED) is 0.699. The number of thiophene rings is 1. The lowest BCUT2D eigenvalue weighted by Crippen LogP contribution is -1.89. The first kappa shape index (κ1) is 9.81. The van der Waals surface area contributed by atoms with Crippen molar-refractivity contribution >= 4 is 28.6 Å². The van der Waals surface area contributed by atoms with Gasteiger partial charge < -0.3 is 0 Å². The summed E-state index contributed by atoms with van der Waals surface area (Å²) >= 11 is 7.61. The first-order valence-corrected chi connectivity index (χ1v) is 6.10. The van der Waals surface area contributed by atoms with Crippen LogP contribution in [0.4, 0.5) is 0 Å². The Hall–Kier alpha value is -1.39. The van der Waals surface area contributed by atoms with Crippen LogP contribution in [-0.2, 0) is 6.42 Å². The molecule has 3 rings (SSSR count). The number of hydrogen-bond donors (Lipinski definition) is 0. The van der Waals surface area contributed by atoms with E-state index in [0.717, 1.165) is 17.9 Å². The predicted octanol–water partition coefficient (Wildman–Crippen LogP) is 3.04. The van der Waals surface area contributed by atoms with E-state index >= 15 is 0 Å². The zero-order valence-electron chi connectivity index (χ0n) is 8.30. The van der Waals surface area contributed by atoms with Crippen molar-refractivity contribution < 1.29 is 0 Å². The van der Waals surface area contributed by atoms with Gasteiger partial charge in [0, 0.05) is 28.6 Å². The monoisotopic (exact) mass is 249 g/mol. The molecule has 0 saturated carbocycles. The average Bonchev–Trinajstić information content (AvgIpc) is 2.86. The molecule has 3 aromatic rings. The van der Waals surface area contributed by atoms with Crippen LogP contribution in [0, 0.1) is 0 Å². The van der Waals surface area contributed by atoms with Crippen LogP contribution in [-0.4, -0.2) is 14.6 Å². The van der Waals surface area contributed by atoms with Crippen molar-refractivity contribution in [1.29, 1.82) is 0 Å². The van der Waals surface area contributed by atoms with Gasteiger partial charge in [0.1, 0.15) is 0 Å². The van der Waals surface area contributed by atoms with E-state index in [-0.39, 0.29) is 0 Å². The van der Waals surface area contributed by atoms with Crippen molar-refractivity contribution in [2.45, 2.75) is 6.42 Å². The first-order valence-electron chi connectivity index (χ1n) is 4.84. The maximum Gasteiger partial charge on any atom is 0.157 e. The van der Waals surface area contributed by atoms with Crippen molar-refractivity contribution in [3.8, 4) is 0 Å². The summed E-state index contributed by atoms with van der Waals surface area (Å²) in [6.45, 7) is 0. The topological polar surface area (TPSA) is 30.2 Å². The second-order valence-corrected chi connectivity index (χ2v) is 4.90. The van der Waals surface area contributed by atoms with Crippen LogP contribution in [0.3, 0.4) is 0 Å². The second-order valence-electron chi connectivity index (χ2n) is 3.43. The summed E-state index contributed by atoms with van der Waals surface area (Å²) in [6.07, 6.45) is 2.60. The molecular weight excluding hydrogens is 242 g/mol. The third-order valence-corrected chi connectivity index (χ3v) is 3.37. The Kier molecular flexibility index (Phi) is 2.38. The van der Waals surface area contributed by atoms with Gasteiger partial charge in [-0.1, -0.05) is 17.7 Å². The van der Waals surface area contributed by atoms with Crippen molar-refractivity contribution in [2.75, 3.05) is 0 Å². The summed E-state index contributed by atoms with van der Waals surface area (Å²) in [5, 5.41) is 7.12. The predicted molar refractivity (Wildman–Crippen MR) is 65.1 cm³/mol. The zero-order valence-corrected chi connectivity index (χ0v) is 9.87. The van der Waals surface area contributed by atoms with Crippen LogP contribution in [0.5, 0.6) is 0 Å².